The molecule has 0 radical (unpaired) electrons. The number of aromatic nitrogens is 2. The Balaban J connectivity index is 2.71. The molecule has 1 aromatic rings. The van der Waals surface area contributed by atoms with Crippen molar-refractivity contribution in [2.45, 2.75) is 6.10 Å². The lowest BCUT2D eigenvalue weighted by atomic mass is 10.3. The van der Waals surface area contributed by atoms with E-state index in [4.69, 9.17) is 9.84 Å². The van der Waals surface area contributed by atoms with Crippen molar-refractivity contribution in [2.24, 2.45) is 0 Å². The molecule has 7 heteroatoms. The summed E-state index contributed by atoms with van der Waals surface area (Å²) >= 11 is 0. The van der Waals surface area contributed by atoms with Crippen LogP contribution in [0.15, 0.2) is 12.4 Å². The van der Waals surface area contributed by atoms with Crippen molar-refractivity contribution in [2.75, 3.05) is 32.2 Å². The monoisotopic (exact) mass is 241 g/mol. The highest BCUT2D eigenvalue weighted by atomic mass is 16.5. The zero-order valence-electron chi connectivity index (χ0n) is 9.70. The van der Waals surface area contributed by atoms with E-state index in [1.165, 1.54) is 19.5 Å². The van der Waals surface area contributed by atoms with Gasteiger partial charge in [0.25, 0.3) is 0 Å². The number of hydrogen-bond acceptors (Lipinski definition) is 6. The molecule has 1 unspecified atom stereocenters. The molecule has 0 aliphatic heterocycles. The minimum atomic E-state index is -1.13. The molecular formula is C10H15N3O4. The molecule has 17 heavy (non-hydrogen) atoms. The molecule has 1 heterocycles. The molecule has 0 bridgehead atoms. The molecule has 94 valence electrons. The van der Waals surface area contributed by atoms with Crippen LogP contribution < -0.4 is 4.90 Å². The van der Waals surface area contributed by atoms with E-state index in [9.17, 15) is 9.90 Å². The Kier molecular flexibility index (Phi) is 4.80. The molecule has 0 saturated heterocycles. The number of rotatable bonds is 6. The van der Waals surface area contributed by atoms with Gasteiger partial charge < -0.3 is 19.8 Å². The van der Waals surface area contributed by atoms with E-state index in [1.54, 1.807) is 11.9 Å². The molecule has 1 aromatic heterocycles. The quantitative estimate of drug-likeness (QED) is 0.700. The van der Waals surface area contributed by atoms with Crippen molar-refractivity contribution in [1.82, 2.24) is 9.97 Å². The molecule has 7 nitrogen and oxygen atoms in total. The summed E-state index contributed by atoms with van der Waals surface area (Å²) in [5, 5.41) is 18.3. The maximum Gasteiger partial charge on any atom is 0.356 e. The van der Waals surface area contributed by atoms with Gasteiger partial charge in [-0.1, -0.05) is 0 Å². The van der Waals surface area contributed by atoms with Crippen LogP contribution >= 0.6 is 0 Å². The van der Waals surface area contributed by atoms with Gasteiger partial charge in [-0.3, -0.25) is 4.98 Å². The van der Waals surface area contributed by atoms with E-state index >= 15 is 0 Å². The first-order valence-electron chi connectivity index (χ1n) is 4.98. The summed E-state index contributed by atoms with van der Waals surface area (Å²) in [7, 11) is 3.18. The van der Waals surface area contributed by atoms with Crippen molar-refractivity contribution < 1.29 is 19.7 Å². The van der Waals surface area contributed by atoms with Gasteiger partial charge in [-0.15, -0.1) is 0 Å². The number of carboxylic acids is 1. The topological polar surface area (TPSA) is 95.8 Å². The minimum absolute atomic E-state index is 0.129. The van der Waals surface area contributed by atoms with Crippen LogP contribution in [-0.4, -0.2) is 59.6 Å². The van der Waals surface area contributed by atoms with Gasteiger partial charge in [0, 0.05) is 20.7 Å². The first-order chi connectivity index (χ1) is 8.04. The first kappa shape index (κ1) is 13.3. The highest BCUT2D eigenvalue weighted by molar-refractivity contribution is 5.85. The van der Waals surface area contributed by atoms with Gasteiger partial charge in [0.15, 0.2) is 5.69 Å². The smallest absolute Gasteiger partial charge is 0.356 e. The lowest BCUT2D eigenvalue weighted by Crippen LogP contribution is -2.32. The number of aliphatic hydroxyl groups excluding tert-OH is 1. The molecule has 0 fully saturated rings. The fourth-order valence-corrected chi connectivity index (χ4v) is 1.30. The Morgan fingerprint density at radius 3 is 2.88 bits per heavy atom. The van der Waals surface area contributed by atoms with Crippen LogP contribution in [0.3, 0.4) is 0 Å². The molecule has 1 rings (SSSR count). The lowest BCUT2D eigenvalue weighted by Gasteiger charge is -2.21. The predicted octanol–water partition coefficient (Wildman–Crippen LogP) is -0.382. The Morgan fingerprint density at radius 1 is 1.59 bits per heavy atom. The average Bonchev–Trinajstić information content (AvgIpc) is 2.29. The minimum Gasteiger partial charge on any atom is -0.476 e. The largest absolute Gasteiger partial charge is 0.476 e. The highest BCUT2D eigenvalue weighted by Crippen LogP contribution is 2.08. The van der Waals surface area contributed by atoms with E-state index in [2.05, 4.69) is 9.97 Å². The van der Waals surface area contributed by atoms with E-state index in [-0.39, 0.29) is 18.8 Å². The number of aromatic carboxylic acids is 1. The van der Waals surface area contributed by atoms with Crippen LogP contribution in [0.25, 0.3) is 0 Å². The molecule has 2 N–H and O–H groups in total. The zero-order chi connectivity index (χ0) is 12.8. The second kappa shape index (κ2) is 6.12. The van der Waals surface area contributed by atoms with E-state index in [1.807, 2.05) is 0 Å². The Morgan fingerprint density at radius 2 is 2.29 bits per heavy atom. The van der Waals surface area contributed by atoms with Crippen LogP contribution in [0.4, 0.5) is 5.82 Å². The number of carboxylic acid groups (broad SMARTS) is 1. The Labute approximate surface area is 98.7 Å². The summed E-state index contributed by atoms with van der Waals surface area (Å²) < 4.78 is 4.80. The maximum atomic E-state index is 10.7. The van der Waals surface area contributed by atoms with Gasteiger partial charge in [0.1, 0.15) is 5.82 Å². The fraction of sp³-hybridized carbons (Fsp3) is 0.500. The number of ether oxygens (including phenoxy) is 1. The van der Waals surface area contributed by atoms with Crippen LogP contribution in [0.5, 0.6) is 0 Å². The third-order valence-corrected chi connectivity index (χ3v) is 2.08. The van der Waals surface area contributed by atoms with Crippen molar-refractivity contribution >= 4 is 11.8 Å². The molecule has 1 atom stereocenters. The Bertz CT molecular complexity index is 386. The summed E-state index contributed by atoms with van der Waals surface area (Å²) in [5.41, 5.74) is -0.129. The molecule has 0 amide bonds. The summed E-state index contributed by atoms with van der Waals surface area (Å²) in [4.78, 5) is 20.0. The van der Waals surface area contributed by atoms with Crippen LogP contribution in [-0.2, 0) is 4.74 Å². The van der Waals surface area contributed by atoms with Gasteiger partial charge in [0.05, 0.1) is 25.1 Å². The lowest BCUT2D eigenvalue weighted by molar-refractivity contribution is 0.0688. The third kappa shape index (κ3) is 3.97. The van der Waals surface area contributed by atoms with E-state index < -0.39 is 12.1 Å². The van der Waals surface area contributed by atoms with Gasteiger partial charge in [-0.25, -0.2) is 9.78 Å². The van der Waals surface area contributed by atoms with Gasteiger partial charge >= 0.3 is 5.97 Å². The molecule has 0 aliphatic carbocycles. The van der Waals surface area contributed by atoms with Gasteiger partial charge in [0.2, 0.25) is 0 Å². The normalized spacial score (nSPS) is 12.2. The average molecular weight is 241 g/mol. The molecular weight excluding hydrogens is 226 g/mol. The second-order valence-electron chi connectivity index (χ2n) is 3.56. The first-order valence-corrected chi connectivity index (χ1v) is 4.98. The maximum absolute atomic E-state index is 10.7. The Hall–Kier alpha value is -1.73. The summed E-state index contributed by atoms with van der Waals surface area (Å²) in [5.74, 6) is -0.745. The standard InChI is InChI=1S/C10H15N3O4/c1-13(5-7(14)6-17-2)9-4-11-3-8(12-9)10(15)16/h3-4,7,14H,5-6H2,1-2H3,(H,15,16). The van der Waals surface area contributed by atoms with Crippen molar-refractivity contribution in [3.63, 3.8) is 0 Å². The number of nitrogens with zero attached hydrogens (tertiary/aromatic N) is 3. The molecule has 0 saturated carbocycles. The number of methoxy groups -OCH3 is 1. The van der Waals surface area contributed by atoms with E-state index in [0.29, 0.717) is 5.82 Å². The van der Waals surface area contributed by atoms with Gasteiger partial charge in [-0.05, 0) is 0 Å². The summed E-state index contributed by atoms with van der Waals surface area (Å²) in [6.45, 7) is 0.488. The number of hydrogen-bond donors (Lipinski definition) is 2. The summed E-state index contributed by atoms with van der Waals surface area (Å²) in [6, 6.07) is 0. The van der Waals surface area contributed by atoms with Gasteiger partial charge in [-0.2, -0.15) is 0 Å². The predicted molar refractivity (Wildman–Crippen MR) is 60.1 cm³/mol. The number of aliphatic hydroxyl groups is 1. The van der Waals surface area contributed by atoms with Crippen LogP contribution in [0, 0.1) is 0 Å². The third-order valence-electron chi connectivity index (χ3n) is 2.08. The van der Waals surface area contributed by atoms with E-state index in [0.717, 1.165) is 0 Å². The SMILES string of the molecule is COCC(O)CN(C)c1cncc(C(=O)O)n1. The van der Waals surface area contributed by atoms with Crippen molar-refractivity contribution in [1.29, 1.82) is 0 Å². The van der Waals surface area contributed by atoms with Crippen molar-refractivity contribution in [3.8, 4) is 0 Å². The number of likely N-dealkylation sites (N-methyl/N-ethyl adjacent to an activating group) is 1. The van der Waals surface area contributed by atoms with Crippen LogP contribution in [0.2, 0.25) is 0 Å². The zero-order valence-corrected chi connectivity index (χ0v) is 9.70. The number of carbonyl (C=O) groups is 1. The molecule has 0 aromatic carbocycles. The fourth-order valence-electron chi connectivity index (χ4n) is 1.30. The highest BCUT2D eigenvalue weighted by Gasteiger charge is 2.12. The summed E-state index contributed by atoms with van der Waals surface area (Å²) in [6.07, 6.45) is 1.94. The second-order valence-corrected chi connectivity index (χ2v) is 3.56. The molecule has 0 spiro atoms. The van der Waals surface area contributed by atoms with Crippen LogP contribution in [0.1, 0.15) is 10.5 Å². The number of anilines is 1. The van der Waals surface area contributed by atoms with Crippen molar-refractivity contribution in [3.05, 3.63) is 18.1 Å². The molecule has 0 aliphatic rings.